The van der Waals surface area contributed by atoms with E-state index in [0.717, 1.165) is 22.3 Å². The topological polar surface area (TPSA) is 97.7 Å². The number of pyridine rings is 1. The fraction of sp³-hybridized carbons (Fsp3) is 0.0833. The van der Waals surface area contributed by atoms with Crippen molar-refractivity contribution in [1.29, 1.82) is 0 Å². The number of halogens is 2. The van der Waals surface area contributed by atoms with Crippen LogP contribution in [-0.2, 0) is 6.54 Å². The van der Waals surface area contributed by atoms with Crippen LogP contribution in [0.3, 0.4) is 0 Å². The average Bonchev–Trinajstić information content (AvgIpc) is 3.43. The molecule has 0 bridgehead atoms. The molecule has 5 aromatic rings. The smallest absolute Gasteiger partial charge is 0.258 e. The number of carbonyl (C=O) groups excluding carboxylic acids is 1. The first-order valence-electron chi connectivity index (χ1n) is 10.3. The van der Waals surface area contributed by atoms with Crippen molar-refractivity contribution in [1.82, 2.24) is 24.7 Å². The summed E-state index contributed by atoms with van der Waals surface area (Å²) in [6.07, 6.45) is 1.41. The number of anilines is 1. The van der Waals surface area contributed by atoms with Gasteiger partial charge in [-0.1, -0.05) is 35.3 Å². The van der Waals surface area contributed by atoms with Gasteiger partial charge in [0.15, 0.2) is 11.6 Å². The molecule has 34 heavy (non-hydrogen) atoms. The van der Waals surface area contributed by atoms with E-state index in [4.69, 9.17) is 27.9 Å². The molecule has 3 heterocycles. The summed E-state index contributed by atoms with van der Waals surface area (Å²) in [4.78, 5) is 24.6. The van der Waals surface area contributed by atoms with Crippen molar-refractivity contribution in [3.05, 3.63) is 88.2 Å². The molecule has 0 unspecified atom stereocenters. The molecule has 0 spiro atoms. The van der Waals surface area contributed by atoms with Gasteiger partial charge in [-0.25, -0.2) is 9.97 Å². The molecule has 3 aromatic heterocycles. The molecule has 5 rings (SSSR count). The summed E-state index contributed by atoms with van der Waals surface area (Å²) < 4.78 is 7.02. The lowest BCUT2D eigenvalue weighted by Gasteiger charge is -2.07. The number of nitrogens with zero attached hydrogens (tertiary/aromatic N) is 4. The second-order valence-corrected chi connectivity index (χ2v) is 8.31. The van der Waals surface area contributed by atoms with Crippen molar-refractivity contribution in [2.75, 3.05) is 12.4 Å². The van der Waals surface area contributed by atoms with E-state index in [1.807, 2.05) is 30.3 Å². The van der Waals surface area contributed by atoms with Crippen molar-refractivity contribution >= 4 is 46.0 Å². The number of methoxy groups -OCH3 is 1. The van der Waals surface area contributed by atoms with Crippen molar-refractivity contribution in [3.63, 3.8) is 0 Å². The predicted octanol–water partition coefficient (Wildman–Crippen LogP) is 5.44. The minimum absolute atomic E-state index is 0.313. The average molecular weight is 493 g/mol. The number of aromatic amines is 1. The molecule has 0 aliphatic carbocycles. The lowest BCUT2D eigenvalue weighted by molar-refractivity contribution is 0.102. The highest BCUT2D eigenvalue weighted by molar-refractivity contribution is 6.31. The molecular weight excluding hydrogens is 475 g/mol. The van der Waals surface area contributed by atoms with Crippen molar-refractivity contribution in [2.45, 2.75) is 6.54 Å². The molecular formula is C24H18Cl2N6O2. The van der Waals surface area contributed by atoms with E-state index < -0.39 is 0 Å². The van der Waals surface area contributed by atoms with Gasteiger partial charge < -0.3 is 15.0 Å². The van der Waals surface area contributed by atoms with E-state index in [2.05, 4.69) is 25.4 Å². The van der Waals surface area contributed by atoms with E-state index in [1.165, 1.54) is 6.20 Å². The Kier molecular flexibility index (Phi) is 5.91. The Bertz CT molecular complexity index is 1480. The van der Waals surface area contributed by atoms with E-state index in [1.54, 1.807) is 42.1 Å². The number of aromatic nitrogens is 5. The van der Waals surface area contributed by atoms with Crippen molar-refractivity contribution in [3.8, 4) is 17.3 Å². The number of fused-ring (bicyclic) bond motifs is 1. The minimum Gasteiger partial charge on any atom is -0.497 e. The van der Waals surface area contributed by atoms with Gasteiger partial charge in [-0.2, -0.15) is 5.10 Å². The summed E-state index contributed by atoms with van der Waals surface area (Å²) in [5.74, 6) is 1.40. The molecule has 0 saturated carbocycles. The quantitative estimate of drug-likeness (QED) is 0.307. The number of hydrogen-bond acceptors (Lipinski definition) is 5. The van der Waals surface area contributed by atoms with Crippen LogP contribution in [0.1, 0.15) is 15.9 Å². The number of ether oxygens (including phenoxy) is 1. The van der Waals surface area contributed by atoms with Crippen LogP contribution in [0.25, 0.3) is 22.6 Å². The minimum atomic E-state index is -0.346. The Morgan fingerprint density at radius 2 is 1.91 bits per heavy atom. The predicted molar refractivity (Wildman–Crippen MR) is 132 cm³/mol. The molecule has 0 radical (unpaired) electrons. The van der Waals surface area contributed by atoms with Crippen LogP contribution in [0.15, 0.2) is 66.9 Å². The molecule has 10 heteroatoms. The molecule has 170 valence electrons. The van der Waals surface area contributed by atoms with Crippen LogP contribution >= 0.6 is 23.2 Å². The maximum atomic E-state index is 12.7. The van der Waals surface area contributed by atoms with Gasteiger partial charge in [0.25, 0.3) is 5.91 Å². The fourth-order valence-electron chi connectivity index (χ4n) is 3.49. The SMILES string of the molecule is COc1ccc(Cn2nc(NC(=O)c3ccc(Cl)nc3)cc2-c2nc3cc(Cl)ccc3[nH]2)cc1. The first kappa shape index (κ1) is 21.9. The molecule has 0 aliphatic rings. The van der Waals surface area contributed by atoms with Crippen LogP contribution in [0, 0.1) is 0 Å². The number of rotatable bonds is 6. The number of hydrogen-bond donors (Lipinski definition) is 2. The highest BCUT2D eigenvalue weighted by Crippen LogP contribution is 2.26. The lowest BCUT2D eigenvalue weighted by Crippen LogP contribution is -2.13. The molecule has 2 N–H and O–H groups in total. The van der Waals surface area contributed by atoms with E-state index in [0.29, 0.717) is 39.6 Å². The van der Waals surface area contributed by atoms with Crippen LogP contribution in [0.4, 0.5) is 5.82 Å². The van der Waals surface area contributed by atoms with Gasteiger partial charge in [-0.05, 0) is 48.0 Å². The van der Waals surface area contributed by atoms with Gasteiger partial charge in [0.05, 0.1) is 30.3 Å². The molecule has 1 amide bonds. The Balaban J connectivity index is 1.51. The maximum absolute atomic E-state index is 12.7. The first-order valence-corrected chi connectivity index (χ1v) is 11.0. The molecule has 8 nitrogen and oxygen atoms in total. The van der Waals surface area contributed by atoms with E-state index in [-0.39, 0.29) is 5.91 Å². The van der Waals surface area contributed by atoms with Gasteiger partial charge in [0.2, 0.25) is 0 Å². The van der Waals surface area contributed by atoms with Crippen molar-refractivity contribution in [2.24, 2.45) is 0 Å². The van der Waals surface area contributed by atoms with Gasteiger partial charge in [-0.3, -0.25) is 9.48 Å². The zero-order valence-electron chi connectivity index (χ0n) is 17.9. The fourth-order valence-corrected chi connectivity index (χ4v) is 3.77. The van der Waals surface area contributed by atoms with Crippen molar-refractivity contribution < 1.29 is 9.53 Å². The van der Waals surface area contributed by atoms with E-state index in [9.17, 15) is 4.79 Å². The van der Waals surface area contributed by atoms with Gasteiger partial charge in [-0.15, -0.1) is 0 Å². The first-order chi connectivity index (χ1) is 16.5. The molecule has 0 atom stereocenters. The van der Waals surface area contributed by atoms with Crippen LogP contribution < -0.4 is 10.1 Å². The van der Waals surface area contributed by atoms with Gasteiger partial charge in [0.1, 0.15) is 16.6 Å². The standard InChI is InChI=1S/C24H18Cl2N6O2/c1-34-17-6-2-14(3-7-17)13-32-20(23-28-18-8-5-16(25)10-19(18)29-23)11-22(31-32)30-24(33)15-4-9-21(26)27-12-15/h2-12H,13H2,1H3,(H,28,29)(H,30,31,33). The summed E-state index contributed by atoms with van der Waals surface area (Å²) in [5, 5.41) is 8.35. The number of carbonyl (C=O) groups is 1. The summed E-state index contributed by atoms with van der Waals surface area (Å²) in [7, 11) is 1.62. The molecule has 0 saturated heterocycles. The Hall–Kier alpha value is -3.88. The number of amides is 1. The molecule has 0 fully saturated rings. The summed E-state index contributed by atoms with van der Waals surface area (Å²) >= 11 is 11.9. The normalized spacial score (nSPS) is 11.0. The Labute approximate surface area is 204 Å². The summed E-state index contributed by atoms with van der Waals surface area (Å²) in [6, 6.07) is 18.1. The van der Waals surface area contributed by atoms with Gasteiger partial charge in [0, 0.05) is 17.3 Å². The number of imidazole rings is 1. The highest BCUT2D eigenvalue weighted by Gasteiger charge is 2.17. The van der Waals surface area contributed by atoms with Crippen LogP contribution in [0.2, 0.25) is 10.2 Å². The van der Waals surface area contributed by atoms with E-state index >= 15 is 0 Å². The summed E-state index contributed by atoms with van der Waals surface area (Å²) in [5.41, 5.74) is 3.65. The molecule has 2 aromatic carbocycles. The second-order valence-electron chi connectivity index (χ2n) is 7.49. The second kappa shape index (κ2) is 9.17. The van der Waals surface area contributed by atoms with Gasteiger partial charge >= 0.3 is 0 Å². The monoisotopic (exact) mass is 492 g/mol. The largest absolute Gasteiger partial charge is 0.497 e. The number of benzene rings is 2. The maximum Gasteiger partial charge on any atom is 0.258 e. The Morgan fingerprint density at radius 3 is 2.65 bits per heavy atom. The number of H-pyrrole nitrogens is 1. The third-order valence-electron chi connectivity index (χ3n) is 5.19. The molecule has 0 aliphatic heterocycles. The lowest BCUT2D eigenvalue weighted by atomic mass is 10.2. The third kappa shape index (κ3) is 4.59. The zero-order chi connectivity index (χ0) is 23.7. The Morgan fingerprint density at radius 1 is 1.09 bits per heavy atom. The summed E-state index contributed by atoms with van der Waals surface area (Å²) in [6.45, 7) is 0.454. The third-order valence-corrected chi connectivity index (χ3v) is 5.65. The van der Waals surface area contributed by atoms with Crippen LogP contribution in [0.5, 0.6) is 5.75 Å². The zero-order valence-corrected chi connectivity index (χ0v) is 19.4. The number of nitrogens with one attached hydrogen (secondary N) is 2. The van der Waals surface area contributed by atoms with Crippen LogP contribution in [-0.4, -0.2) is 37.7 Å². The highest BCUT2D eigenvalue weighted by atomic mass is 35.5.